The van der Waals surface area contributed by atoms with Gasteiger partial charge in [-0.1, -0.05) is 44.2 Å². The number of rotatable bonds is 2. The van der Waals surface area contributed by atoms with Crippen LogP contribution in [0.3, 0.4) is 0 Å². The van der Waals surface area contributed by atoms with Crippen molar-refractivity contribution in [1.29, 1.82) is 0 Å². The van der Waals surface area contributed by atoms with Crippen LogP contribution in [0.25, 0.3) is 48.3 Å². The lowest BCUT2D eigenvalue weighted by atomic mass is 9.90. The minimum atomic E-state index is 0.419. The summed E-state index contributed by atoms with van der Waals surface area (Å²) in [5, 5.41) is 2.61. The number of nitrogens with zero attached hydrogens (tertiary/aromatic N) is 4. The minimum absolute atomic E-state index is 0.419. The van der Waals surface area contributed by atoms with Crippen LogP contribution in [0.15, 0.2) is 54.9 Å². The Hall–Kier alpha value is -3.57. The van der Waals surface area contributed by atoms with Crippen molar-refractivity contribution < 1.29 is 0 Å². The maximum absolute atomic E-state index is 5.08. The van der Waals surface area contributed by atoms with Crippen molar-refractivity contribution in [2.45, 2.75) is 46.5 Å². The number of hydrogen-bond donors (Lipinski definition) is 0. The van der Waals surface area contributed by atoms with Gasteiger partial charge in [-0.2, -0.15) is 0 Å². The largest absolute Gasteiger partial charge is 0.287 e. The van der Waals surface area contributed by atoms with Crippen LogP contribution in [0.2, 0.25) is 0 Å². The number of hydrogen-bond acceptors (Lipinski definition) is 4. The topological polar surface area (TPSA) is 43.6 Å². The molecular weight excluding hydrogens is 448 g/mol. The Labute approximate surface area is 208 Å². The average molecular weight is 475 g/mol. The number of benzene rings is 3. The summed E-state index contributed by atoms with van der Waals surface area (Å²) in [6.07, 6.45) is 3.70. The van der Waals surface area contributed by atoms with Gasteiger partial charge in [0.15, 0.2) is 0 Å². The van der Waals surface area contributed by atoms with Crippen molar-refractivity contribution in [2.24, 2.45) is 0 Å². The van der Waals surface area contributed by atoms with E-state index < -0.39 is 0 Å². The SMILES string of the molecule is Cc1cc2cc(-c3ncnc4c3sc3c4nc4n3-c3ccccc3CC4)cc(C(C)C)c2cc1C. The zero-order valence-electron chi connectivity index (χ0n) is 20.4. The Balaban J connectivity index is 1.51. The monoisotopic (exact) mass is 474 g/mol. The second kappa shape index (κ2) is 7.46. The van der Waals surface area contributed by atoms with Gasteiger partial charge in [0.05, 0.1) is 16.1 Å². The molecule has 0 fully saturated rings. The number of para-hydroxylation sites is 1. The summed E-state index contributed by atoms with van der Waals surface area (Å²) in [7, 11) is 0. The third-order valence-electron chi connectivity index (χ3n) is 7.48. The molecule has 0 radical (unpaired) electrons. The molecular formula is C30H26N4S. The van der Waals surface area contributed by atoms with Gasteiger partial charge in [0.25, 0.3) is 0 Å². The van der Waals surface area contributed by atoms with Crippen molar-refractivity contribution in [3.63, 3.8) is 0 Å². The lowest BCUT2D eigenvalue weighted by Crippen LogP contribution is -2.11. The Kier molecular flexibility index (Phi) is 4.43. The summed E-state index contributed by atoms with van der Waals surface area (Å²) in [6, 6.07) is 18.0. The maximum Gasteiger partial charge on any atom is 0.130 e. The van der Waals surface area contributed by atoms with E-state index in [0.29, 0.717) is 5.92 Å². The van der Waals surface area contributed by atoms with E-state index in [2.05, 4.69) is 80.8 Å². The van der Waals surface area contributed by atoms with E-state index in [1.807, 2.05) is 0 Å². The molecule has 1 aliphatic heterocycles. The predicted molar refractivity (Wildman–Crippen MR) is 146 cm³/mol. The molecule has 4 nitrogen and oxygen atoms in total. The summed E-state index contributed by atoms with van der Waals surface area (Å²) < 4.78 is 3.46. The fourth-order valence-electron chi connectivity index (χ4n) is 5.52. The van der Waals surface area contributed by atoms with Crippen LogP contribution in [-0.4, -0.2) is 19.5 Å². The first-order valence-corrected chi connectivity index (χ1v) is 13.1. The van der Waals surface area contributed by atoms with Crippen LogP contribution in [0, 0.1) is 13.8 Å². The minimum Gasteiger partial charge on any atom is -0.287 e. The van der Waals surface area contributed by atoms with Crippen LogP contribution in [0.1, 0.15) is 47.8 Å². The highest BCUT2D eigenvalue weighted by molar-refractivity contribution is 7.25. The highest BCUT2D eigenvalue weighted by Gasteiger charge is 2.25. The van der Waals surface area contributed by atoms with Gasteiger partial charge in [0.1, 0.15) is 28.0 Å². The van der Waals surface area contributed by atoms with Crippen LogP contribution >= 0.6 is 11.3 Å². The third-order valence-corrected chi connectivity index (χ3v) is 8.64. The zero-order chi connectivity index (χ0) is 23.8. The number of fused-ring (bicyclic) bond motifs is 8. The maximum atomic E-state index is 5.08. The molecule has 35 heavy (non-hydrogen) atoms. The lowest BCUT2D eigenvalue weighted by molar-refractivity contribution is 0.790. The van der Waals surface area contributed by atoms with E-state index in [1.54, 1.807) is 17.7 Å². The number of imidazole rings is 1. The smallest absolute Gasteiger partial charge is 0.130 e. The molecule has 4 heterocycles. The summed E-state index contributed by atoms with van der Waals surface area (Å²) in [4.78, 5) is 15.8. The van der Waals surface area contributed by atoms with Crippen LogP contribution in [0.5, 0.6) is 0 Å². The molecule has 6 aromatic rings. The molecule has 7 rings (SSSR count). The molecule has 0 saturated carbocycles. The Morgan fingerprint density at radius 3 is 2.60 bits per heavy atom. The van der Waals surface area contributed by atoms with Gasteiger partial charge in [-0.3, -0.25) is 4.57 Å². The molecule has 0 bridgehead atoms. The van der Waals surface area contributed by atoms with Crippen molar-refractivity contribution >= 4 is 42.7 Å². The predicted octanol–water partition coefficient (Wildman–Crippen LogP) is 7.69. The van der Waals surface area contributed by atoms with Gasteiger partial charge < -0.3 is 0 Å². The van der Waals surface area contributed by atoms with Crippen molar-refractivity contribution in [1.82, 2.24) is 19.5 Å². The Morgan fingerprint density at radius 2 is 1.74 bits per heavy atom. The number of thiophene rings is 1. The lowest BCUT2D eigenvalue weighted by Gasteiger charge is -2.18. The molecule has 0 amide bonds. The van der Waals surface area contributed by atoms with Gasteiger partial charge in [-0.05, 0) is 77.4 Å². The van der Waals surface area contributed by atoms with Gasteiger partial charge >= 0.3 is 0 Å². The Morgan fingerprint density at radius 1 is 0.914 bits per heavy atom. The average Bonchev–Trinajstić information content (AvgIpc) is 3.40. The van der Waals surface area contributed by atoms with Crippen molar-refractivity contribution in [3.05, 3.63) is 82.9 Å². The fraction of sp³-hybridized carbons (Fsp3) is 0.233. The van der Waals surface area contributed by atoms with Crippen LogP contribution in [-0.2, 0) is 12.8 Å². The van der Waals surface area contributed by atoms with Gasteiger partial charge in [0, 0.05) is 12.0 Å². The Bertz CT molecular complexity index is 1810. The van der Waals surface area contributed by atoms with Crippen LogP contribution < -0.4 is 0 Å². The summed E-state index contributed by atoms with van der Waals surface area (Å²) in [6.45, 7) is 8.93. The van der Waals surface area contributed by atoms with E-state index in [1.165, 1.54) is 43.5 Å². The van der Waals surface area contributed by atoms with E-state index in [0.717, 1.165) is 45.7 Å². The molecule has 0 spiro atoms. The first-order chi connectivity index (χ1) is 17.0. The molecule has 172 valence electrons. The summed E-state index contributed by atoms with van der Waals surface area (Å²) >= 11 is 1.77. The molecule has 3 aromatic heterocycles. The molecule has 1 aliphatic rings. The highest BCUT2D eigenvalue weighted by Crippen LogP contribution is 2.42. The standard InChI is InChI=1S/C30H26N4S/c1-16(2)22-14-21(13-20-11-17(3)18(4)12-23(20)22)26-29-27(32-15-31-26)28-30(35-29)34-24-8-6-5-7-19(24)9-10-25(34)33-28/h5-8,11-16H,9-10H2,1-4H3. The number of aryl methyl sites for hydroxylation is 4. The van der Waals surface area contributed by atoms with Gasteiger partial charge in [-0.15, -0.1) is 11.3 Å². The van der Waals surface area contributed by atoms with Gasteiger partial charge in [-0.25, -0.2) is 15.0 Å². The molecule has 0 unspecified atom stereocenters. The van der Waals surface area contributed by atoms with Crippen molar-refractivity contribution in [2.75, 3.05) is 0 Å². The summed E-state index contributed by atoms with van der Waals surface area (Å²) in [5.74, 6) is 1.55. The van der Waals surface area contributed by atoms with Crippen LogP contribution in [0.4, 0.5) is 0 Å². The normalized spacial score (nSPS) is 13.2. The first-order valence-electron chi connectivity index (χ1n) is 12.3. The second-order valence-corrected chi connectivity index (χ2v) is 11.0. The quantitative estimate of drug-likeness (QED) is 0.258. The molecule has 5 heteroatoms. The molecule has 0 saturated heterocycles. The zero-order valence-corrected chi connectivity index (χ0v) is 21.2. The van der Waals surface area contributed by atoms with E-state index >= 15 is 0 Å². The van der Waals surface area contributed by atoms with E-state index in [9.17, 15) is 0 Å². The van der Waals surface area contributed by atoms with Crippen molar-refractivity contribution in [3.8, 4) is 16.9 Å². The number of aromatic nitrogens is 4. The third kappa shape index (κ3) is 3.01. The van der Waals surface area contributed by atoms with Gasteiger partial charge in [0.2, 0.25) is 0 Å². The summed E-state index contributed by atoms with van der Waals surface area (Å²) in [5.41, 5.74) is 10.7. The fourth-order valence-corrected chi connectivity index (χ4v) is 6.76. The molecule has 0 aliphatic carbocycles. The highest BCUT2D eigenvalue weighted by atomic mass is 32.1. The first kappa shape index (κ1) is 20.8. The molecule has 0 atom stereocenters. The van der Waals surface area contributed by atoms with E-state index in [4.69, 9.17) is 15.0 Å². The molecule has 0 N–H and O–H groups in total. The second-order valence-electron chi connectivity index (χ2n) is 10.0. The van der Waals surface area contributed by atoms with E-state index in [-0.39, 0.29) is 0 Å². The molecule has 3 aromatic carbocycles.